The number of hydrogen-bond acceptors (Lipinski definition) is 4. The van der Waals surface area contributed by atoms with E-state index in [0.717, 1.165) is 18.4 Å². The summed E-state index contributed by atoms with van der Waals surface area (Å²) in [5.74, 6) is -2.79. The van der Waals surface area contributed by atoms with Crippen molar-refractivity contribution in [3.63, 3.8) is 0 Å². The Hall–Kier alpha value is -1.97. The minimum Gasteiger partial charge on any atom is -0.453 e. The minimum atomic E-state index is -1.21. The van der Waals surface area contributed by atoms with Crippen LogP contribution in [0.3, 0.4) is 0 Å². The van der Waals surface area contributed by atoms with Crippen molar-refractivity contribution < 1.29 is 19.1 Å². The topological polar surface area (TPSA) is 60.4 Å². The van der Waals surface area contributed by atoms with Crippen molar-refractivity contribution in [3.05, 3.63) is 35.9 Å². The van der Waals surface area contributed by atoms with Gasteiger partial charge < -0.3 is 4.74 Å². The lowest BCUT2D eigenvalue weighted by atomic mass is 9.87. The van der Waals surface area contributed by atoms with E-state index in [-0.39, 0.29) is 17.5 Å². The third kappa shape index (κ3) is 4.27. The van der Waals surface area contributed by atoms with Crippen molar-refractivity contribution in [1.82, 2.24) is 0 Å². The molecular formula is C19H24O4. The maximum absolute atomic E-state index is 12.4. The molecule has 1 heterocycles. The normalized spacial score (nSPS) is 22.0. The number of carbonyl (C=O) groups is 3. The average Bonchev–Trinajstić information content (AvgIpc) is 2.85. The Bertz CT molecular complexity index is 564. The highest BCUT2D eigenvalue weighted by Gasteiger charge is 2.48. The van der Waals surface area contributed by atoms with E-state index in [2.05, 4.69) is 0 Å². The van der Waals surface area contributed by atoms with E-state index in [1.807, 2.05) is 37.3 Å². The average molecular weight is 316 g/mol. The number of Topliss-reactive ketones (excluding diaryl/α,β-unsaturated/α-hetero) is 2. The van der Waals surface area contributed by atoms with E-state index in [4.69, 9.17) is 4.74 Å². The highest BCUT2D eigenvalue weighted by molar-refractivity contribution is 6.22. The lowest BCUT2D eigenvalue weighted by Gasteiger charge is -2.11. The molecule has 4 nitrogen and oxygen atoms in total. The van der Waals surface area contributed by atoms with Crippen LogP contribution >= 0.6 is 0 Å². The Balaban J connectivity index is 1.95. The number of hydrogen-bond donors (Lipinski definition) is 0. The first-order chi connectivity index (χ1) is 11.0. The fourth-order valence-electron chi connectivity index (χ4n) is 2.91. The molecule has 0 aliphatic carbocycles. The van der Waals surface area contributed by atoms with Crippen LogP contribution in [0.1, 0.15) is 45.1 Å². The van der Waals surface area contributed by atoms with Gasteiger partial charge in [0.2, 0.25) is 0 Å². The van der Waals surface area contributed by atoms with Gasteiger partial charge in [0.15, 0.2) is 23.6 Å². The molecule has 1 aromatic carbocycles. The number of rotatable bonds is 8. The smallest absolute Gasteiger partial charge is 0.325 e. The molecule has 0 radical (unpaired) electrons. The van der Waals surface area contributed by atoms with E-state index in [1.165, 1.54) is 0 Å². The van der Waals surface area contributed by atoms with Gasteiger partial charge in [-0.2, -0.15) is 0 Å². The second-order valence-electron chi connectivity index (χ2n) is 6.23. The van der Waals surface area contributed by atoms with E-state index in [1.54, 1.807) is 6.92 Å². The molecule has 1 aromatic rings. The zero-order valence-corrected chi connectivity index (χ0v) is 13.8. The standard InChI is InChI=1S/C19H24O4/c1-3-4-8-13(2)17(20)16-18(21)15(23-19(16)22)12-11-14-9-6-5-7-10-14/h5-7,9-10,13,15-16H,3-4,8,11-12H2,1-2H3/t13-,15+,16?/m1/s1. The van der Waals surface area contributed by atoms with Gasteiger partial charge in [-0.25, -0.2) is 0 Å². The summed E-state index contributed by atoms with van der Waals surface area (Å²) in [7, 11) is 0. The summed E-state index contributed by atoms with van der Waals surface area (Å²) < 4.78 is 5.17. The molecule has 1 saturated heterocycles. The van der Waals surface area contributed by atoms with E-state index in [0.29, 0.717) is 19.3 Å². The molecule has 2 rings (SSSR count). The largest absolute Gasteiger partial charge is 0.453 e. The fourth-order valence-corrected chi connectivity index (χ4v) is 2.91. The molecule has 124 valence electrons. The van der Waals surface area contributed by atoms with Gasteiger partial charge in [0.05, 0.1) is 0 Å². The maximum Gasteiger partial charge on any atom is 0.325 e. The second kappa shape index (κ2) is 8.04. The second-order valence-corrected chi connectivity index (χ2v) is 6.23. The van der Waals surface area contributed by atoms with Crippen LogP contribution in [0.2, 0.25) is 0 Å². The first-order valence-electron chi connectivity index (χ1n) is 8.36. The number of ketones is 2. The molecule has 1 unspecified atom stereocenters. The first-order valence-corrected chi connectivity index (χ1v) is 8.36. The number of benzene rings is 1. The summed E-state index contributed by atoms with van der Waals surface area (Å²) in [6.07, 6.45) is 2.91. The number of carbonyl (C=O) groups excluding carboxylic acids is 3. The van der Waals surface area contributed by atoms with Gasteiger partial charge in [0, 0.05) is 5.92 Å². The molecule has 1 fully saturated rings. The summed E-state index contributed by atoms with van der Waals surface area (Å²) in [6.45, 7) is 3.83. The zero-order valence-electron chi connectivity index (χ0n) is 13.8. The van der Waals surface area contributed by atoms with Crippen LogP contribution < -0.4 is 0 Å². The number of cyclic esters (lactones) is 1. The Morgan fingerprint density at radius 1 is 1.22 bits per heavy atom. The fraction of sp³-hybridized carbons (Fsp3) is 0.526. The van der Waals surface area contributed by atoms with Crippen LogP contribution in [0.5, 0.6) is 0 Å². The molecule has 0 saturated carbocycles. The summed E-state index contributed by atoms with van der Waals surface area (Å²) in [5.41, 5.74) is 1.09. The maximum atomic E-state index is 12.4. The van der Waals surface area contributed by atoms with Crippen LogP contribution in [0.25, 0.3) is 0 Å². The third-order valence-corrected chi connectivity index (χ3v) is 4.39. The van der Waals surface area contributed by atoms with Crippen LogP contribution in [-0.2, 0) is 25.5 Å². The zero-order chi connectivity index (χ0) is 16.8. The van der Waals surface area contributed by atoms with E-state index < -0.39 is 18.0 Å². The minimum absolute atomic E-state index is 0.274. The Morgan fingerprint density at radius 2 is 1.91 bits per heavy atom. The molecule has 0 spiro atoms. The number of aryl methyl sites for hydroxylation is 1. The van der Waals surface area contributed by atoms with Gasteiger partial charge in [0.25, 0.3) is 0 Å². The number of ether oxygens (including phenoxy) is 1. The molecule has 0 aromatic heterocycles. The lowest BCUT2D eigenvalue weighted by molar-refractivity contribution is -0.147. The van der Waals surface area contributed by atoms with Crippen molar-refractivity contribution >= 4 is 17.5 Å². The van der Waals surface area contributed by atoms with Crippen molar-refractivity contribution in [2.24, 2.45) is 11.8 Å². The van der Waals surface area contributed by atoms with E-state index in [9.17, 15) is 14.4 Å². The number of unbranched alkanes of at least 4 members (excludes halogenated alkanes) is 1. The molecule has 1 aliphatic rings. The van der Waals surface area contributed by atoms with Crippen LogP contribution in [0.4, 0.5) is 0 Å². The van der Waals surface area contributed by atoms with Crippen molar-refractivity contribution in [1.29, 1.82) is 0 Å². The van der Waals surface area contributed by atoms with Gasteiger partial charge in [0.1, 0.15) is 0 Å². The predicted octanol–water partition coefficient (Wildman–Crippen LogP) is 3.13. The summed E-state index contributed by atoms with van der Waals surface area (Å²) in [6, 6.07) is 9.73. The molecule has 0 amide bonds. The monoisotopic (exact) mass is 316 g/mol. The first kappa shape index (κ1) is 17.4. The number of esters is 1. The van der Waals surface area contributed by atoms with Crippen molar-refractivity contribution in [3.8, 4) is 0 Å². The highest BCUT2D eigenvalue weighted by atomic mass is 16.6. The van der Waals surface area contributed by atoms with Gasteiger partial charge in [-0.1, -0.05) is 57.0 Å². The van der Waals surface area contributed by atoms with Crippen molar-refractivity contribution in [2.75, 3.05) is 0 Å². The Morgan fingerprint density at radius 3 is 2.57 bits per heavy atom. The van der Waals surface area contributed by atoms with Crippen LogP contribution in [-0.4, -0.2) is 23.6 Å². The van der Waals surface area contributed by atoms with Gasteiger partial charge in [-0.3, -0.25) is 14.4 Å². The van der Waals surface area contributed by atoms with Crippen molar-refractivity contribution in [2.45, 2.75) is 52.1 Å². The molecule has 3 atom stereocenters. The molecule has 0 N–H and O–H groups in total. The molecule has 0 bridgehead atoms. The highest BCUT2D eigenvalue weighted by Crippen LogP contribution is 2.26. The van der Waals surface area contributed by atoms with Crippen LogP contribution in [0, 0.1) is 11.8 Å². The molecule has 4 heteroatoms. The SMILES string of the molecule is CCCC[C@@H](C)C(=O)C1C(=O)O[C@@H](CCc2ccccc2)C1=O. The Kier molecular flexibility index (Phi) is 6.08. The third-order valence-electron chi connectivity index (χ3n) is 4.39. The summed E-state index contributed by atoms with van der Waals surface area (Å²) >= 11 is 0. The quantitative estimate of drug-likeness (QED) is 0.546. The van der Waals surface area contributed by atoms with Gasteiger partial charge in [-0.05, 0) is 24.8 Å². The van der Waals surface area contributed by atoms with Gasteiger partial charge in [-0.15, -0.1) is 0 Å². The molecule has 23 heavy (non-hydrogen) atoms. The molecule has 1 aliphatic heterocycles. The summed E-state index contributed by atoms with van der Waals surface area (Å²) in [5, 5.41) is 0. The predicted molar refractivity (Wildman–Crippen MR) is 86.8 cm³/mol. The van der Waals surface area contributed by atoms with Gasteiger partial charge >= 0.3 is 5.97 Å². The van der Waals surface area contributed by atoms with Crippen LogP contribution in [0.15, 0.2) is 30.3 Å². The summed E-state index contributed by atoms with van der Waals surface area (Å²) in [4.78, 5) is 36.7. The lowest BCUT2D eigenvalue weighted by Crippen LogP contribution is -2.32. The Labute approximate surface area is 137 Å². The molecular weight excluding hydrogens is 292 g/mol. The van der Waals surface area contributed by atoms with E-state index >= 15 is 0 Å².